The zero-order chi connectivity index (χ0) is 24.6. The van der Waals surface area contributed by atoms with Crippen LogP contribution in [0.15, 0.2) is 48.8 Å². The van der Waals surface area contributed by atoms with Crippen LogP contribution in [0.25, 0.3) is 22.0 Å². The van der Waals surface area contributed by atoms with Crippen molar-refractivity contribution in [1.82, 2.24) is 15.0 Å². The molecule has 176 valence electrons. The molecule has 0 aliphatic rings. The molecule has 2 aromatic carbocycles. The Labute approximate surface area is 202 Å². The number of fused-ring (bicyclic) bond motifs is 1. The van der Waals surface area contributed by atoms with Gasteiger partial charge in [0.15, 0.2) is 5.82 Å². The molecule has 0 bridgehead atoms. The first-order valence-electron chi connectivity index (χ1n) is 10.9. The highest BCUT2D eigenvalue weighted by molar-refractivity contribution is 6.35. The SMILES string of the molecule is Cc1nc2ccc(-c3cnc(C(C)(C)O)nc3)cc2c(NC(C)c2cc(CO)ccc2F)c1Cl. The van der Waals surface area contributed by atoms with Crippen molar-refractivity contribution in [2.75, 3.05) is 5.32 Å². The van der Waals surface area contributed by atoms with E-state index in [0.29, 0.717) is 33.4 Å². The Bertz CT molecular complexity index is 1350. The Hall–Kier alpha value is -3.13. The molecule has 34 heavy (non-hydrogen) atoms. The fourth-order valence-electron chi connectivity index (χ4n) is 3.79. The molecule has 1 unspecified atom stereocenters. The van der Waals surface area contributed by atoms with Crippen LogP contribution in [0.3, 0.4) is 0 Å². The molecule has 2 heterocycles. The van der Waals surface area contributed by atoms with Gasteiger partial charge in [0.05, 0.1) is 34.6 Å². The van der Waals surface area contributed by atoms with E-state index < -0.39 is 11.6 Å². The summed E-state index contributed by atoms with van der Waals surface area (Å²) < 4.78 is 14.6. The molecule has 3 N–H and O–H groups in total. The minimum atomic E-state index is -1.13. The molecular weight excluding hydrogens is 455 g/mol. The average molecular weight is 481 g/mol. The molecular formula is C26H26ClFN4O2. The van der Waals surface area contributed by atoms with Gasteiger partial charge in [0.2, 0.25) is 0 Å². The normalized spacial score (nSPS) is 12.7. The Morgan fingerprint density at radius 2 is 1.79 bits per heavy atom. The maximum Gasteiger partial charge on any atom is 0.159 e. The molecule has 1 atom stereocenters. The van der Waals surface area contributed by atoms with E-state index in [0.717, 1.165) is 22.0 Å². The highest BCUT2D eigenvalue weighted by Crippen LogP contribution is 2.37. The second-order valence-electron chi connectivity index (χ2n) is 8.85. The van der Waals surface area contributed by atoms with Crippen molar-refractivity contribution in [3.8, 4) is 11.1 Å². The molecule has 6 nitrogen and oxygen atoms in total. The molecule has 0 fully saturated rings. The van der Waals surface area contributed by atoms with E-state index in [1.165, 1.54) is 6.07 Å². The monoisotopic (exact) mass is 480 g/mol. The van der Waals surface area contributed by atoms with E-state index in [4.69, 9.17) is 11.6 Å². The average Bonchev–Trinajstić information content (AvgIpc) is 2.81. The van der Waals surface area contributed by atoms with E-state index >= 15 is 0 Å². The van der Waals surface area contributed by atoms with Gasteiger partial charge in [-0.15, -0.1) is 0 Å². The summed E-state index contributed by atoms with van der Waals surface area (Å²) in [6, 6.07) is 9.87. The van der Waals surface area contributed by atoms with Crippen LogP contribution in [0.5, 0.6) is 0 Å². The lowest BCUT2D eigenvalue weighted by Gasteiger charge is -2.21. The molecule has 4 rings (SSSR count). The summed E-state index contributed by atoms with van der Waals surface area (Å²) in [6.07, 6.45) is 3.33. The van der Waals surface area contributed by atoms with Crippen molar-refractivity contribution in [2.24, 2.45) is 0 Å². The Kier molecular flexibility index (Phi) is 6.53. The van der Waals surface area contributed by atoms with Crippen LogP contribution < -0.4 is 5.32 Å². The number of aliphatic hydroxyl groups excluding tert-OH is 1. The van der Waals surface area contributed by atoms with Crippen LogP contribution in [-0.4, -0.2) is 25.2 Å². The van der Waals surface area contributed by atoms with Crippen LogP contribution in [0, 0.1) is 12.7 Å². The van der Waals surface area contributed by atoms with Crippen molar-refractivity contribution < 1.29 is 14.6 Å². The number of anilines is 1. The summed E-state index contributed by atoms with van der Waals surface area (Å²) in [7, 11) is 0. The number of aryl methyl sites for hydroxylation is 1. The predicted molar refractivity (Wildman–Crippen MR) is 132 cm³/mol. The maximum atomic E-state index is 14.6. The molecule has 0 aliphatic carbocycles. The summed E-state index contributed by atoms with van der Waals surface area (Å²) in [5.41, 5.74) is 3.57. The fraction of sp³-hybridized carbons (Fsp3) is 0.269. The second-order valence-corrected chi connectivity index (χ2v) is 9.23. The largest absolute Gasteiger partial charge is 0.392 e. The number of benzene rings is 2. The molecule has 4 aromatic rings. The zero-order valence-electron chi connectivity index (χ0n) is 19.4. The number of hydrogen-bond acceptors (Lipinski definition) is 6. The lowest BCUT2D eigenvalue weighted by molar-refractivity contribution is 0.0687. The summed E-state index contributed by atoms with van der Waals surface area (Å²) in [4.78, 5) is 13.2. The molecule has 0 saturated carbocycles. The quantitative estimate of drug-likeness (QED) is 0.328. The predicted octanol–water partition coefficient (Wildman–Crippen LogP) is 5.69. The topological polar surface area (TPSA) is 91.2 Å². The second kappa shape index (κ2) is 9.25. The van der Waals surface area contributed by atoms with Crippen molar-refractivity contribution in [2.45, 2.75) is 45.9 Å². The third kappa shape index (κ3) is 4.73. The van der Waals surface area contributed by atoms with Gasteiger partial charge in [-0.3, -0.25) is 4.98 Å². The van der Waals surface area contributed by atoms with Gasteiger partial charge in [-0.1, -0.05) is 23.7 Å². The Balaban J connectivity index is 1.78. The van der Waals surface area contributed by atoms with Crippen LogP contribution in [0.4, 0.5) is 10.1 Å². The van der Waals surface area contributed by atoms with Gasteiger partial charge in [-0.2, -0.15) is 0 Å². The van der Waals surface area contributed by atoms with Crippen molar-refractivity contribution >= 4 is 28.2 Å². The third-order valence-electron chi connectivity index (χ3n) is 5.69. The first kappa shape index (κ1) is 24.0. The number of aliphatic hydroxyl groups is 2. The molecule has 2 aromatic heterocycles. The molecule has 0 spiro atoms. The smallest absolute Gasteiger partial charge is 0.159 e. The minimum Gasteiger partial charge on any atom is -0.392 e. The molecule has 0 aliphatic heterocycles. The van der Waals surface area contributed by atoms with Gasteiger partial charge in [0.25, 0.3) is 0 Å². The highest BCUT2D eigenvalue weighted by atomic mass is 35.5. The molecule has 8 heteroatoms. The van der Waals surface area contributed by atoms with Gasteiger partial charge < -0.3 is 15.5 Å². The number of hydrogen-bond donors (Lipinski definition) is 3. The summed E-state index contributed by atoms with van der Waals surface area (Å²) in [5, 5.41) is 24.1. The molecule has 0 radical (unpaired) electrons. The highest BCUT2D eigenvalue weighted by Gasteiger charge is 2.20. The summed E-state index contributed by atoms with van der Waals surface area (Å²) >= 11 is 6.66. The number of pyridine rings is 1. The number of rotatable bonds is 6. The van der Waals surface area contributed by atoms with Gasteiger partial charge in [-0.25, -0.2) is 14.4 Å². The standard InChI is InChI=1S/C26H26ClFN4O2/c1-14(19-9-16(13-33)5-7-21(19)28)32-24-20-10-17(6-8-22(20)31-15(2)23(24)27)18-11-29-25(30-12-18)26(3,4)34/h5-12,14,33-34H,13H2,1-4H3,(H,31,32). The van der Waals surface area contributed by atoms with Gasteiger partial charge >= 0.3 is 0 Å². The van der Waals surface area contributed by atoms with E-state index in [1.807, 2.05) is 32.0 Å². The Morgan fingerprint density at radius 1 is 1.09 bits per heavy atom. The number of halogens is 2. The number of nitrogens with zero attached hydrogens (tertiary/aromatic N) is 3. The first-order valence-corrected chi connectivity index (χ1v) is 11.3. The summed E-state index contributed by atoms with van der Waals surface area (Å²) in [5.74, 6) is -0.0335. The van der Waals surface area contributed by atoms with E-state index in [2.05, 4.69) is 20.3 Å². The van der Waals surface area contributed by atoms with Crippen LogP contribution in [0.1, 0.15) is 49.5 Å². The van der Waals surface area contributed by atoms with E-state index in [1.54, 1.807) is 38.4 Å². The van der Waals surface area contributed by atoms with Crippen LogP contribution in [0.2, 0.25) is 5.02 Å². The molecule has 0 amide bonds. The zero-order valence-corrected chi connectivity index (χ0v) is 20.2. The van der Waals surface area contributed by atoms with Gasteiger partial charge in [0.1, 0.15) is 11.4 Å². The van der Waals surface area contributed by atoms with Gasteiger partial charge in [-0.05, 0) is 63.1 Å². The molecule has 0 saturated heterocycles. The van der Waals surface area contributed by atoms with Crippen molar-refractivity contribution in [1.29, 1.82) is 0 Å². The fourth-order valence-corrected chi connectivity index (χ4v) is 3.99. The lowest BCUT2D eigenvalue weighted by atomic mass is 10.0. The maximum absolute atomic E-state index is 14.6. The summed E-state index contributed by atoms with van der Waals surface area (Å²) in [6.45, 7) is 6.75. The van der Waals surface area contributed by atoms with E-state index in [-0.39, 0.29) is 12.4 Å². The van der Waals surface area contributed by atoms with E-state index in [9.17, 15) is 14.6 Å². The lowest BCUT2D eigenvalue weighted by Crippen LogP contribution is -2.19. The number of nitrogens with one attached hydrogen (secondary N) is 1. The van der Waals surface area contributed by atoms with Crippen LogP contribution >= 0.6 is 11.6 Å². The minimum absolute atomic E-state index is 0.171. The number of aromatic nitrogens is 3. The van der Waals surface area contributed by atoms with Crippen molar-refractivity contribution in [3.05, 3.63) is 82.3 Å². The third-order valence-corrected chi connectivity index (χ3v) is 6.16. The van der Waals surface area contributed by atoms with Gasteiger partial charge in [0, 0.05) is 28.9 Å². The first-order chi connectivity index (χ1) is 16.1. The Morgan fingerprint density at radius 3 is 2.44 bits per heavy atom. The van der Waals surface area contributed by atoms with Crippen molar-refractivity contribution in [3.63, 3.8) is 0 Å². The van der Waals surface area contributed by atoms with Crippen LogP contribution in [-0.2, 0) is 12.2 Å².